The second kappa shape index (κ2) is 11.1. The van der Waals surface area contributed by atoms with E-state index < -0.39 is 17.5 Å². The van der Waals surface area contributed by atoms with Crippen molar-refractivity contribution in [2.24, 2.45) is 11.8 Å². The van der Waals surface area contributed by atoms with Gasteiger partial charge in [0.15, 0.2) is 0 Å². The Balaban J connectivity index is 1.27. The molecule has 1 aromatic carbocycles. The Hall–Kier alpha value is -3.56. The van der Waals surface area contributed by atoms with Crippen molar-refractivity contribution in [2.75, 3.05) is 18.4 Å². The third-order valence-electron chi connectivity index (χ3n) is 7.55. The van der Waals surface area contributed by atoms with Crippen LogP contribution in [0.3, 0.4) is 0 Å². The number of benzene rings is 1. The number of carbonyl (C=O) groups is 1. The Bertz CT molecular complexity index is 1430. The molecule has 1 amide bonds. The fourth-order valence-electron chi connectivity index (χ4n) is 5.42. The Morgan fingerprint density at radius 3 is 2.73 bits per heavy atom. The molecule has 210 valence electrons. The number of hydrogen-bond donors (Lipinski definition) is 2. The first-order valence-electron chi connectivity index (χ1n) is 13.2. The van der Waals surface area contributed by atoms with Crippen molar-refractivity contribution in [1.82, 2.24) is 19.9 Å². The fourth-order valence-corrected chi connectivity index (χ4v) is 6.47. The molecule has 0 bridgehead atoms. The Labute approximate surface area is 233 Å². The lowest BCUT2D eigenvalue weighted by Crippen LogP contribution is -2.45. The maximum absolute atomic E-state index is 13.1. The van der Waals surface area contributed by atoms with Gasteiger partial charge in [-0.25, -0.2) is 15.0 Å². The van der Waals surface area contributed by atoms with Gasteiger partial charge in [-0.2, -0.15) is 18.4 Å². The normalized spacial score (nSPS) is 23.4. The third kappa shape index (κ3) is 6.10. The van der Waals surface area contributed by atoms with Crippen LogP contribution in [0.1, 0.15) is 54.8 Å². The zero-order valence-electron chi connectivity index (χ0n) is 21.9. The summed E-state index contributed by atoms with van der Waals surface area (Å²) in [6, 6.07) is 8.58. The van der Waals surface area contributed by atoms with Gasteiger partial charge in [-0.15, -0.1) is 11.3 Å². The molecular weight excluding hydrogens is 541 g/mol. The largest absolute Gasteiger partial charge is 0.433 e. The number of alkyl halides is 3. The maximum atomic E-state index is 13.1. The number of nitrogens with one attached hydrogen (secondary N) is 1. The van der Waals surface area contributed by atoms with E-state index in [1.165, 1.54) is 11.3 Å². The zero-order valence-corrected chi connectivity index (χ0v) is 22.7. The number of likely N-dealkylation sites (tertiary alicyclic amines) is 1. The van der Waals surface area contributed by atoms with Crippen molar-refractivity contribution >= 4 is 28.9 Å². The Morgan fingerprint density at radius 1 is 1.23 bits per heavy atom. The highest BCUT2D eigenvalue weighted by Gasteiger charge is 2.41. The minimum atomic E-state index is -4.57. The molecule has 1 atom stereocenters. The number of thiazole rings is 1. The summed E-state index contributed by atoms with van der Waals surface area (Å²) >= 11 is 1.36. The molecule has 0 radical (unpaired) electrons. The molecule has 2 fully saturated rings. The lowest BCUT2D eigenvalue weighted by Gasteiger charge is -2.37. The molecule has 2 aromatic heterocycles. The number of hydrogen-bond acceptors (Lipinski definition) is 8. The molecule has 3 heterocycles. The monoisotopic (exact) mass is 570 g/mol. The number of amides is 1. The number of nitriles is 1. The highest BCUT2D eigenvalue weighted by Crippen LogP contribution is 2.43. The molecule has 1 unspecified atom stereocenters. The second-order valence-corrected chi connectivity index (χ2v) is 11.6. The molecule has 12 heteroatoms. The molecule has 1 saturated carbocycles. The number of anilines is 2. The molecule has 8 nitrogen and oxygen atoms in total. The van der Waals surface area contributed by atoms with Gasteiger partial charge in [0.2, 0.25) is 11.9 Å². The predicted octanol–water partition coefficient (Wildman–Crippen LogP) is 5.81. The van der Waals surface area contributed by atoms with Crippen LogP contribution < -0.4 is 5.32 Å². The van der Waals surface area contributed by atoms with Gasteiger partial charge in [0.05, 0.1) is 16.9 Å². The number of piperidine rings is 1. The van der Waals surface area contributed by atoms with Crippen molar-refractivity contribution in [3.8, 4) is 16.5 Å². The fraction of sp³-hybridized carbons (Fsp3) is 0.464. The van der Waals surface area contributed by atoms with E-state index in [2.05, 4.69) is 26.3 Å². The summed E-state index contributed by atoms with van der Waals surface area (Å²) in [7, 11) is 0. The highest BCUT2D eigenvalue weighted by molar-refractivity contribution is 7.15. The number of halogens is 3. The van der Waals surface area contributed by atoms with Gasteiger partial charge in [0, 0.05) is 37.1 Å². The average Bonchev–Trinajstić information content (AvgIpc) is 3.44. The van der Waals surface area contributed by atoms with Crippen LogP contribution in [0.2, 0.25) is 0 Å². The number of aromatic nitrogens is 3. The van der Waals surface area contributed by atoms with Crippen LogP contribution in [-0.4, -0.2) is 44.0 Å². The van der Waals surface area contributed by atoms with Crippen molar-refractivity contribution in [1.29, 1.82) is 5.26 Å². The molecule has 1 saturated heterocycles. The third-order valence-corrected chi connectivity index (χ3v) is 8.79. The molecule has 3 aromatic rings. The topological polar surface area (TPSA) is 115 Å². The van der Waals surface area contributed by atoms with Gasteiger partial charge in [-0.3, -0.25) is 4.79 Å². The molecule has 2 aliphatic rings. The quantitative estimate of drug-likeness (QED) is 0.398. The second-order valence-electron chi connectivity index (χ2n) is 10.6. The van der Waals surface area contributed by atoms with Gasteiger partial charge in [0.25, 0.3) is 0 Å². The predicted molar refractivity (Wildman–Crippen MR) is 143 cm³/mol. The van der Waals surface area contributed by atoms with E-state index >= 15 is 0 Å². The van der Waals surface area contributed by atoms with E-state index in [1.807, 2.05) is 17.9 Å². The van der Waals surface area contributed by atoms with E-state index in [0.717, 1.165) is 41.1 Å². The van der Waals surface area contributed by atoms with Crippen LogP contribution in [0.25, 0.3) is 10.4 Å². The first-order chi connectivity index (χ1) is 19.0. The Morgan fingerprint density at radius 2 is 2.00 bits per heavy atom. The smallest absolute Gasteiger partial charge is 0.383 e. The molecule has 40 heavy (non-hydrogen) atoms. The lowest BCUT2D eigenvalue weighted by atomic mass is 9.78. The molecule has 0 spiro atoms. The highest BCUT2D eigenvalue weighted by atomic mass is 32.1. The number of rotatable bonds is 5. The average molecular weight is 571 g/mol. The van der Waals surface area contributed by atoms with Crippen LogP contribution in [-0.2, 0) is 16.6 Å². The first-order valence-corrected chi connectivity index (χ1v) is 14.0. The standard InChI is InChI=1S/C28H29F3N6O2S/c1-17-11-20(13-21(12-17)35-26-33-9-6-23(36-26)28(29,30)31)22-15-34-25(40-22)27(39)7-4-19(5-8-27)24(38)37-10-2-3-18(14-32)16-37/h6,9,11-13,15,18-19,39H,2-5,7-8,10,16H2,1H3,(H,33,35,36). The van der Waals surface area contributed by atoms with Gasteiger partial charge in [-0.05, 0) is 74.8 Å². The summed E-state index contributed by atoms with van der Waals surface area (Å²) in [5, 5.41) is 24.1. The maximum Gasteiger partial charge on any atom is 0.433 e. The van der Waals surface area contributed by atoms with Gasteiger partial charge < -0.3 is 15.3 Å². The molecule has 5 rings (SSSR count). The van der Waals surface area contributed by atoms with Crippen molar-refractivity contribution < 1.29 is 23.1 Å². The van der Waals surface area contributed by atoms with E-state index in [4.69, 9.17) is 0 Å². The lowest BCUT2D eigenvalue weighted by molar-refractivity contribution is -0.141. The molecule has 1 aliphatic heterocycles. The summed E-state index contributed by atoms with van der Waals surface area (Å²) in [6.45, 7) is 3.04. The van der Waals surface area contributed by atoms with Gasteiger partial charge in [-0.1, -0.05) is 6.07 Å². The summed E-state index contributed by atoms with van der Waals surface area (Å²) in [4.78, 5) is 27.7. The summed E-state index contributed by atoms with van der Waals surface area (Å²) in [6.07, 6.45) is 1.77. The van der Waals surface area contributed by atoms with Crippen LogP contribution in [0.15, 0.2) is 36.7 Å². The number of carbonyl (C=O) groups excluding carboxylic acids is 1. The SMILES string of the molecule is Cc1cc(Nc2nccc(C(F)(F)F)n2)cc(-c2cnc(C3(O)CCC(C(=O)N4CCCC(C#N)C4)CC3)s2)c1. The number of aliphatic hydroxyl groups is 1. The Kier molecular flexibility index (Phi) is 7.79. The van der Waals surface area contributed by atoms with Crippen molar-refractivity contribution in [3.63, 3.8) is 0 Å². The van der Waals surface area contributed by atoms with E-state index in [0.29, 0.717) is 49.5 Å². The van der Waals surface area contributed by atoms with Crippen molar-refractivity contribution in [2.45, 2.75) is 57.2 Å². The van der Waals surface area contributed by atoms with E-state index in [-0.39, 0.29) is 23.7 Å². The zero-order chi connectivity index (χ0) is 28.5. The first kappa shape index (κ1) is 28.0. The van der Waals surface area contributed by atoms with E-state index in [9.17, 15) is 28.3 Å². The van der Waals surface area contributed by atoms with Crippen LogP contribution in [0.5, 0.6) is 0 Å². The van der Waals surface area contributed by atoms with Gasteiger partial charge >= 0.3 is 6.18 Å². The summed E-state index contributed by atoms with van der Waals surface area (Å²) < 4.78 is 39.1. The molecular formula is C28H29F3N6O2S. The van der Waals surface area contributed by atoms with Crippen molar-refractivity contribution in [3.05, 3.63) is 52.9 Å². The minimum Gasteiger partial charge on any atom is -0.383 e. The number of aryl methyl sites for hydroxylation is 1. The summed E-state index contributed by atoms with van der Waals surface area (Å²) in [5.74, 6) is -0.362. The van der Waals surface area contributed by atoms with Gasteiger partial charge in [0.1, 0.15) is 16.3 Å². The number of nitrogens with zero attached hydrogens (tertiary/aromatic N) is 5. The molecule has 1 aliphatic carbocycles. The van der Waals surface area contributed by atoms with E-state index in [1.54, 1.807) is 18.3 Å². The van der Waals surface area contributed by atoms with Crippen LogP contribution >= 0.6 is 11.3 Å². The minimum absolute atomic E-state index is 0.0753. The summed E-state index contributed by atoms with van der Waals surface area (Å²) in [5.41, 5.74) is 0.0298. The molecule has 2 N–H and O–H groups in total. The van der Waals surface area contributed by atoms with Crippen LogP contribution in [0, 0.1) is 30.1 Å². The van der Waals surface area contributed by atoms with Crippen LogP contribution in [0.4, 0.5) is 24.8 Å².